The summed E-state index contributed by atoms with van der Waals surface area (Å²) in [6.07, 6.45) is 3.73. The van der Waals surface area contributed by atoms with Gasteiger partial charge in [0.05, 0.1) is 31.1 Å². The van der Waals surface area contributed by atoms with Gasteiger partial charge in [0, 0.05) is 36.7 Å². The summed E-state index contributed by atoms with van der Waals surface area (Å²) >= 11 is 0. The van der Waals surface area contributed by atoms with Gasteiger partial charge in [0.2, 0.25) is 5.91 Å². The molecule has 26 heavy (non-hydrogen) atoms. The highest BCUT2D eigenvalue weighted by molar-refractivity contribution is 5.76. The van der Waals surface area contributed by atoms with Gasteiger partial charge < -0.3 is 23.9 Å². The van der Waals surface area contributed by atoms with Crippen molar-refractivity contribution in [2.75, 3.05) is 13.2 Å². The molecule has 1 amide bonds. The molecule has 8 nitrogen and oxygen atoms in total. The number of carbonyl (C=O) groups is 1. The van der Waals surface area contributed by atoms with E-state index in [2.05, 4.69) is 10.5 Å². The Morgan fingerprint density at radius 3 is 2.85 bits per heavy atom. The molecule has 1 aliphatic rings. The molecular formula is C18H23N3O5. The van der Waals surface area contributed by atoms with Crippen molar-refractivity contribution in [3.63, 3.8) is 0 Å². The summed E-state index contributed by atoms with van der Waals surface area (Å²) < 4.78 is 18.3. The van der Waals surface area contributed by atoms with Crippen LogP contribution in [-0.4, -0.2) is 41.0 Å². The molecule has 3 rings (SSSR count). The van der Waals surface area contributed by atoms with Gasteiger partial charge >= 0.3 is 0 Å². The van der Waals surface area contributed by atoms with Crippen LogP contribution >= 0.6 is 0 Å². The summed E-state index contributed by atoms with van der Waals surface area (Å²) in [5.74, 6) is 0.587. The molecule has 0 bridgehead atoms. The van der Waals surface area contributed by atoms with Crippen LogP contribution in [0.3, 0.4) is 0 Å². The molecule has 2 aromatic rings. The summed E-state index contributed by atoms with van der Waals surface area (Å²) in [5, 5.41) is 6.89. The first kappa shape index (κ1) is 18.3. The summed E-state index contributed by atoms with van der Waals surface area (Å²) in [6, 6.07) is 2.62. The topological polar surface area (TPSA) is 95.6 Å². The lowest BCUT2D eigenvalue weighted by Crippen LogP contribution is -2.51. The van der Waals surface area contributed by atoms with Crippen molar-refractivity contribution >= 4 is 5.91 Å². The fourth-order valence-electron chi connectivity index (χ4n) is 2.92. The predicted octanol–water partition coefficient (Wildman–Crippen LogP) is 0.944. The molecule has 1 aliphatic heterocycles. The van der Waals surface area contributed by atoms with Gasteiger partial charge in [-0.25, -0.2) is 0 Å². The average molecular weight is 361 g/mol. The lowest BCUT2D eigenvalue weighted by atomic mass is 10.1. The molecule has 1 fully saturated rings. The molecular weight excluding hydrogens is 338 g/mol. The summed E-state index contributed by atoms with van der Waals surface area (Å²) in [7, 11) is 0. The first-order valence-electron chi connectivity index (χ1n) is 8.59. The van der Waals surface area contributed by atoms with Gasteiger partial charge in [-0.1, -0.05) is 5.16 Å². The number of pyridine rings is 1. The highest BCUT2D eigenvalue weighted by Crippen LogP contribution is 2.18. The summed E-state index contributed by atoms with van der Waals surface area (Å²) in [5.41, 5.74) is 1.67. The Morgan fingerprint density at radius 2 is 2.15 bits per heavy atom. The zero-order chi connectivity index (χ0) is 18.5. The number of aromatic nitrogens is 2. The van der Waals surface area contributed by atoms with Crippen LogP contribution in [0.1, 0.15) is 23.4 Å². The smallest absolute Gasteiger partial charge is 0.240 e. The molecule has 0 spiro atoms. The number of nitrogens with one attached hydrogen (secondary N) is 1. The molecule has 8 heteroatoms. The normalized spacial score (nSPS) is 20.1. The Morgan fingerprint density at radius 1 is 1.38 bits per heavy atom. The minimum atomic E-state index is -0.226. The zero-order valence-corrected chi connectivity index (χ0v) is 14.9. The fourth-order valence-corrected chi connectivity index (χ4v) is 2.92. The van der Waals surface area contributed by atoms with Crippen LogP contribution in [0, 0.1) is 13.8 Å². The van der Waals surface area contributed by atoms with E-state index in [1.165, 1.54) is 12.1 Å². The van der Waals surface area contributed by atoms with Gasteiger partial charge in [0.15, 0.2) is 5.43 Å². The second kappa shape index (κ2) is 8.29. The molecule has 3 heterocycles. The molecule has 0 aromatic carbocycles. The number of amides is 1. The van der Waals surface area contributed by atoms with E-state index in [0.717, 1.165) is 17.0 Å². The Hall–Kier alpha value is -2.45. The third-order valence-corrected chi connectivity index (χ3v) is 4.45. The minimum absolute atomic E-state index is 0.0878. The van der Waals surface area contributed by atoms with Crippen LogP contribution in [0.15, 0.2) is 33.8 Å². The highest BCUT2D eigenvalue weighted by Gasteiger charge is 2.28. The first-order chi connectivity index (χ1) is 12.5. The van der Waals surface area contributed by atoms with Crippen molar-refractivity contribution in [3.05, 3.63) is 51.8 Å². The van der Waals surface area contributed by atoms with Crippen LogP contribution in [0.4, 0.5) is 0 Å². The molecule has 0 radical (unpaired) electrons. The van der Waals surface area contributed by atoms with Crippen LogP contribution in [-0.2, 0) is 27.4 Å². The molecule has 140 valence electrons. The molecule has 2 aromatic heterocycles. The summed E-state index contributed by atoms with van der Waals surface area (Å²) in [4.78, 5) is 23.4. The number of hydrogen-bond donors (Lipinski definition) is 1. The predicted molar refractivity (Wildman–Crippen MR) is 92.6 cm³/mol. The van der Waals surface area contributed by atoms with E-state index in [0.29, 0.717) is 26.2 Å². The van der Waals surface area contributed by atoms with E-state index in [1.54, 1.807) is 17.0 Å². The minimum Gasteiger partial charge on any atom is -0.379 e. The van der Waals surface area contributed by atoms with Crippen molar-refractivity contribution in [2.24, 2.45) is 0 Å². The maximum atomic E-state index is 12.3. The molecule has 1 N–H and O–H groups in total. The summed E-state index contributed by atoms with van der Waals surface area (Å²) in [6.45, 7) is 5.25. The third kappa shape index (κ3) is 4.59. The maximum Gasteiger partial charge on any atom is 0.240 e. The van der Waals surface area contributed by atoms with E-state index in [9.17, 15) is 9.59 Å². The van der Waals surface area contributed by atoms with Gasteiger partial charge in [-0.2, -0.15) is 0 Å². The fraction of sp³-hybridized carbons (Fsp3) is 0.500. The number of carbonyl (C=O) groups excluding carboxylic acids is 1. The maximum absolute atomic E-state index is 12.3. The van der Waals surface area contributed by atoms with Crippen molar-refractivity contribution in [1.82, 2.24) is 15.0 Å². The zero-order valence-electron chi connectivity index (χ0n) is 14.9. The van der Waals surface area contributed by atoms with E-state index in [-0.39, 0.29) is 30.0 Å². The number of hydrogen-bond acceptors (Lipinski definition) is 6. The van der Waals surface area contributed by atoms with Crippen LogP contribution in [0.25, 0.3) is 0 Å². The van der Waals surface area contributed by atoms with Gasteiger partial charge in [0.1, 0.15) is 12.3 Å². The van der Waals surface area contributed by atoms with E-state index < -0.39 is 0 Å². The Balaban J connectivity index is 1.57. The number of aryl methyl sites for hydroxylation is 2. The van der Waals surface area contributed by atoms with Crippen LogP contribution < -0.4 is 10.7 Å². The van der Waals surface area contributed by atoms with Gasteiger partial charge in [-0.15, -0.1) is 0 Å². The van der Waals surface area contributed by atoms with Gasteiger partial charge in [-0.3, -0.25) is 9.59 Å². The van der Waals surface area contributed by atoms with Crippen LogP contribution in [0.5, 0.6) is 0 Å². The second-order valence-corrected chi connectivity index (χ2v) is 6.40. The molecule has 0 saturated carbocycles. The Labute approximate surface area is 151 Å². The number of rotatable bonds is 6. The monoisotopic (exact) mass is 361 g/mol. The van der Waals surface area contributed by atoms with Crippen molar-refractivity contribution < 1.29 is 18.8 Å². The van der Waals surface area contributed by atoms with E-state index in [4.69, 9.17) is 14.0 Å². The largest absolute Gasteiger partial charge is 0.379 e. The Kier molecular flexibility index (Phi) is 5.85. The van der Waals surface area contributed by atoms with E-state index >= 15 is 0 Å². The van der Waals surface area contributed by atoms with Crippen molar-refractivity contribution in [1.29, 1.82) is 0 Å². The SMILES string of the molecule is Cc1noc(C)c1CO[C@@H]1CCOC[C@@H]1NC(=O)Cn1ccc(=O)cc1. The van der Waals surface area contributed by atoms with Crippen molar-refractivity contribution in [2.45, 2.75) is 45.6 Å². The number of nitrogens with zero attached hydrogens (tertiary/aromatic N) is 2. The first-order valence-corrected chi connectivity index (χ1v) is 8.59. The Bertz CT molecular complexity index is 773. The standard InChI is InChI=1S/C18H23N3O5/c1-12-15(13(2)26-20-12)10-25-17-5-8-24-11-16(17)19-18(23)9-21-6-3-14(22)4-7-21/h3-4,6-7,16-17H,5,8-11H2,1-2H3,(H,19,23)/t16-,17+/m0/s1. The quantitative estimate of drug-likeness (QED) is 0.823. The second-order valence-electron chi connectivity index (χ2n) is 6.40. The lowest BCUT2D eigenvalue weighted by molar-refractivity contribution is -0.127. The molecule has 2 atom stereocenters. The van der Waals surface area contributed by atoms with Gasteiger partial charge in [-0.05, 0) is 20.3 Å². The molecule has 1 saturated heterocycles. The lowest BCUT2D eigenvalue weighted by Gasteiger charge is -2.32. The van der Waals surface area contributed by atoms with Gasteiger partial charge in [0.25, 0.3) is 0 Å². The third-order valence-electron chi connectivity index (χ3n) is 4.45. The molecule has 0 unspecified atom stereocenters. The molecule has 0 aliphatic carbocycles. The average Bonchev–Trinajstić information content (AvgIpc) is 2.94. The van der Waals surface area contributed by atoms with Crippen molar-refractivity contribution in [3.8, 4) is 0 Å². The van der Waals surface area contributed by atoms with Crippen LogP contribution in [0.2, 0.25) is 0 Å². The highest BCUT2D eigenvalue weighted by atomic mass is 16.5. The number of ether oxygens (including phenoxy) is 2. The van der Waals surface area contributed by atoms with E-state index in [1.807, 2.05) is 13.8 Å².